The Labute approximate surface area is 150 Å². The van der Waals surface area contributed by atoms with Crippen molar-refractivity contribution in [3.63, 3.8) is 0 Å². The van der Waals surface area contributed by atoms with Crippen LogP contribution in [0.2, 0.25) is 0 Å². The molecule has 0 spiro atoms. The van der Waals surface area contributed by atoms with Gasteiger partial charge in [0.25, 0.3) is 5.88 Å². The Morgan fingerprint density at radius 1 is 1.27 bits per heavy atom. The molecule has 2 amide bonds. The maximum atomic E-state index is 12.3. The van der Waals surface area contributed by atoms with Gasteiger partial charge in [-0.1, -0.05) is 12.1 Å². The van der Waals surface area contributed by atoms with Crippen molar-refractivity contribution in [3.8, 4) is 5.88 Å². The summed E-state index contributed by atoms with van der Waals surface area (Å²) in [5.41, 5.74) is 0.522. The first-order chi connectivity index (χ1) is 12.4. The van der Waals surface area contributed by atoms with Crippen molar-refractivity contribution in [2.75, 3.05) is 6.61 Å². The van der Waals surface area contributed by atoms with Gasteiger partial charge in [-0.15, -0.1) is 0 Å². The largest absolute Gasteiger partial charge is 0.475 e. The lowest BCUT2D eigenvalue weighted by molar-refractivity contribution is -0.134. The summed E-state index contributed by atoms with van der Waals surface area (Å²) < 4.78 is 17.5. The molecular formula is C19H20N2O5. The second-order valence-electron chi connectivity index (χ2n) is 7.83. The summed E-state index contributed by atoms with van der Waals surface area (Å²) in [5, 5.41) is 7.32. The maximum absolute atomic E-state index is 12.3. The number of carbonyl (C=O) groups is 2. The number of imide groups is 1. The molecule has 3 saturated heterocycles. The molecule has 5 rings (SSSR count). The zero-order valence-corrected chi connectivity index (χ0v) is 14.7. The van der Waals surface area contributed by atoms with Crippen molar-refractivity contribution in [1.82, 2.24) is 10.5 Å². The van der Waals surface area contributed by atoms with E-state index in [0.717, 1.165) is 23.8 Å². The molecule has 4 heterocycles. The molecule has 0 aliphatic carbocycles. The van der Waals surface area contributed by atoms with E-state index in [1.165, 1.54) is 0 Å². The van der Waals surface area contributed by atoms with E-state index in [-0.39, 0.29) is 17.7 Å². The van der Waals surface area contributed by atoms with Crippen LogP contribution >= 0.6 is 0 Å². The van der Waals surface area contributed by atoms with E-state index >= 15 is 0 Å². The van der Waals surface area contributed by atoms with Gasteiger partial charge in [0, 0.05) is 6.42 Å². The van der Waals surface area contributed by atoms with E-state index in [1.807, 2.05) is 32.0 Å². The number of para-hydroxylation sites is 1. The molecule has 0 saturated carbocycles. The SMILES string of the molecule is Cc1cccc2c(OCCC34CCC(C)(O3)C3C(=O)NC(=O)C34)noc12. The summed E-state index contributed by atoms with van der Waals surface area (Å²) in [5.74, 6) is -0.788. The van der Waals surface area contributed by atoms with E-state index in [2.05, 4.69) is 10.5 Å². The number of carbonyl (C=O) groups excluding carboxylic acids is 2. The molecule has 1 aromatic carbocycles. The second kappa shape index (κ2) is 5.07. The number of nitrogens with zero attached hydrogens (tertiary/aromatic N) is 1. The van der Waals surface area contributed by atoms with Crippen LogP contribution in [0.3, 0.4) is 0 Å². The number of hydrogen-bond donors (Lipinski definition) is 1. The first-order valence-electron chi connectivity index (χ1n) is 8.96. The van der Waals surface area contributed by atoms with Crippen LogP contribution in [-0.4, -0.2) is 34.8 Å². The molecule has 3 fully saturated rings. The summed E-state index contributed by atoms with van der Waals surface area (Å²) in [6.45, 7) is 4.24. The Balaban J connectivity index is 1.36. The Bertz CT molecular complexity index is 937. The summed E-state index contributed by atoms with van der Waals surface area (Å²) in [4.78, 5) is 24.5. The molecule has 3 aliphatic rings. The van der Waals surface area contributed by atoms with Gasteiger partial charge in [-0.05, 0) is 43.5 Å². The van der Waals surface area contributed by atoms with Gasteiger partial charge in [0.1, 0.15) is 0 Å². The third-order valence-electron chi connectivity index (χ3n) is 6.28. The van der Waals surface area contributed by atoms with Crippen LogP contribution in [0.4, 0.5) is 0 Å². The molecule has 7 heteroatoms. The lowest BCUT2D eigenvalue weighted by Gasteiger charge is -2.30. The van der Waals surface area contributed by atoms with Crippen molar-refractivity contribution in [3.05, 3.63) is 23.8 Å². The van der Waals surface area contributed by atoms with Crippen molar-refractivity contribution in [2.24, 2.45) is 11.8 Å². The van der Waals surface area contributed by atoms with E-state index in [4.69, 9.17) is 14.0 Å². The van der Waals surface area contributed by atoms with Crippen molar-refractivity contribution < 1.29 is 23.6 Å². The van der Waals surface area contributed by atoms with Crippen LogP contribution < -0.4 is 10.1 Å². The van der Waals surface area contributed by atoms with Gasteiger partial charge < -0.3 is 14.0 Å². The lowest BCUT2D eigenvalue weighted by atomic mass is 9.67. The average Bonchev–Trinajstić information content (AvgIpc) is 3.29. The Kier molecular flexibility index (Phi) is 3.08. The molecule has 136 valence electrons. The van der Waals surface area contributed by atoms with Crippen LogP contribution in [0.25, 0.3) is 11.0 Å². The highest BCUT2D eigenvalue weighted by Crippen LogP contribution is 2.60. The molecule has 4 atom stereocenters. The fraction of sp³-hybridized carbons (Fsp3) is 0.526. The minimum Gasteiger partial charge on any atom is -0.475 e. The predicted molar refractivity (Wildman–Crippen MR) is 90.4 cm³/mol. The van der Waals surface area contributed by atoms with Gasteiger partial charge >= 0.3 is 0 Å². The molecule has 26 heavy (non-hydrogen) atoms. The summed E-state index contributed by atoms with van der Waals surface area (Å²) in [6.07, 6.45) is 2.07. The molecule has 0 radical (unpaired) electrons. The number of fused-ring (bicyclic) bond motifs is 6. The summed E-state index contributed by atoms with van der Waals surface area (Å²) in [6, 6.07) is 5.80. The second-order valence-corrected chi connectivity index (χ2v) is 7.83. The number of hydrogen-bond acceptors (Lipinski definition) is 6. The number of benzene rings is 1. The monoisotopic (exact) mass is 356 g/mol. The van der Waals surface area contributed by atoms with Gasteiger partial charge in [0.15, 0.2) is 5.58 Å². The van der Waals surface area contributed by atoms with Crippen molar-refractivity contribution in [1.29, 1.82) is 0 Å². The highest BCUT2D eigenvalue weighted by atomic mass is 16.6. The fourth-order valence-corrected chi connectivity index (χ4v) is 5.05. The van der Waals surface area contributed by atoms with Gasteiger partial charge in [-0.3, -0.25) is 14.9 Å². The first-order valence-corrected chi connectivity index (χ1v) is 8.96. The standard InChI is InChI=1S/C19H20N2O5/c1-10-4-3-5-11-14(10)25-21-17(11)24-9-8-19-7-6-18(2,26-19)12-13(19)16(23)20-15(12)22/h3-5,12-13H,6-9H2,1-2H3,(H,20,22,23). The molecule has 2 bridgehead atoms. The van der Waals surface area contributed by atoms with Gasteiger partial charge in [-0.25, -0.2) is 0 Å². The number of rotatable bonds is 4. The zero-order valence-electron chi connectivity index (χ0n) is 14.7. The molecule has 1 aromatic heterocycles. The normalized spacial score (nSPS) is 35.2. The Morgan fingerprint density at radius 3 is 2.92 bits per heavy atom. The van der Waals surface area contributed by atoms with Gasteiger partial charge in [0.2, 0.25) is 11.8 Å². The zero-order chi connectivity index (χ0) is 18.1. The lowest BCUT2D eigenvalue weighted by Crippen LogP contribution is -2.42. The fourth-order valence-electron chi connectivity index (χ4n) is 5.05. The predicted octanol–water partition coefficient (Wildman–Crippen LogP) is 2.12. The molecule has 3 aliphatic heterocycles. The molecule has 2 aromatic rings. The van der Waals surface area contributed by atoms with E-state index < -0.39 is 17.1 Å². The minimum atomic E-state index is -0.634. The molecule has 7 nitrogen and oxygen atoms in total. The van der Waals surface area contributed by atoms with E-state index in [9.17, 15) is 9.59 Å². The number of aromatic nitrogens is 1. The smallest absolute Gasteiger partial charge is 0.262 e. The highest BCUT2D eigenvalue weighted by Gasteiger charge is 2.71. The number of amides is 2. The Morgan fingerprint density at radius 2 is 2.08 bits per heavy atom. The highest BCUT2D eigenvalue weighted by molar-refractivity contribution is 6.07. The van der Waals surface area contributed by atoms with E-state index in [1.54, 1.807) is 0 Å². The number of aryl methyl sites for hydroxylation is 1. The molecule has 1 N–H and O–H groups in total. The van der Waals surface area contributed by atoms with Crippen molar-refractivity contribution >= 4 is 22.8 Å². The number of ether oxygens (including phenoxy) is 2. The van der Waals surface area contributed by atoms with Crippen LogP contribution in [-0.2, 0) is 14.3 Å². The van der Waals surface area contributed by atoms with Crippen LogP contribution in [0.5, 0.6) is 5.88 Å². The summed E-state index contributed by atoms with van der Waals surface area (Å²) >= 11 is 0. The minimum absolute atomic E-state index is 0.206. The molecule has 4 unspecified atom stereocenters. The van der Waals surface area contributed by atoms with Gasteiger partial charge in [0.05, 0.1) is 35.0 Å². The van der Waals surface area contributed by atoms with Crippen LogP contribution in [0.15, 0.2) is 22.7 Å². The van der Waals surface area contributed by atoms with Gasteiger partial charge in [-0.2, -0.15) is 0 Å². The quantitative estimate of drug-likeness (QED) is 0.844. The molecular weight excluding hydrogens is 336 g/mol. The average molecular weight is 356 g/mol. The maximum Gasteiger partial charge on any atom is 0.262 e. The number of nitrogens with one attached hydrogen (secondary N) is 1. The van der Waals surface area contributed by atoms with Crippen molar-refractivity contribution in [2.45, 2.75) is 44.3 Å². The third kappa shape index (κ3) is 1.95. The van der Waals surface area contributed by atoms with E-state index in [0.29, 0.717) is 24.5 Å². The topological polar surface area (TPSA) is 90.7 Å². The third-order valence-corrected chi connectivity index (χ3v) is 6.28. The summed E-state index contributed by atoms with van der Waals surface area (Å²) in [7, 11) is 0. The first kappa shape index (κ1) is 15.8. The van der Waals surface area contributed by atoms with Crippen LogP contribution in [0, 0.1) is 18.8 Å². The Hall–Kier alpha value is -2.41. The van der Waals surface area contributed by atoms with Crippen LogP contribution in [0.1, 0.15) is 31.7 Å².